The molecule has 0 spiro atoms. The number of nitrogens with one attached hydrogen (secondary N) is 1. The Balaban J connectivity index is 2.28. The van der Waals surface area contributed by atoms with Crippen LogP contribution in [0.3, 0.4) is 0 Å². The molecule has 0 heterocycles. The van der Waals surface area contributed by atoms with E-state index in [-0.39, 0.29) is 6.04 Å². The highest BCUT2D eigenvalue weighted by molar-refractivity contribution is 6.43. The van der Waals surface area contributed by atoms with E-state index in [0.29, 0.717) is 20.1 Å². The van der Waals surface area contributed by atoms with Crippen LogP contribution in [0, 0.1) is 0 Å². The molecule has 0 aliphatic rings. The largest absolute Gasteiger partial charge is 0.377 e. The van der Waals surface area contributed by atoms with Gasteiger partial charge in [0.2, 0.25) is 0 Å². The maximum absolute atomic E-state index is 6.20. The zero-order valence-corrected chi connectivity index (χ0v) is 13.8. The molecular formula is C15H13Cl4N. The van der Waals surface area contributed by atoms with Gasteiger partial charge in [0.15, 0.2) is 0 Å². The van der Waals surface area contributed by atoms with Gasteiger partial charge in [-0.25, -0.2) is 0 Å². The van der Waals surface area contributed by atoms with Crippen LogP contribution >= 0.6 is 46.4 Å². The van der Waals surface area contributed by atoms with Gasteiger partial charge in [-0.15, -0.1) is 0 Å². The number of hydrogen-bond donors (Lipinski definition) is 1. The maximum Gasteiger partial charge on any atom is 0.0823 e. The first-order chi connectivity index (χ1) is 9.52. The molecule has 1 nitrogen and oxygen atoms in total. The molecule has 2 aromatic rings. The molecule has 0 aliphatic carbocycles. The summed E-state index contributed by atoms with van der Waals surface area (Å²) in [6.07, 6.45) is 0.876. The van der Waals surface area contributed by atoms with Gasteiger partial charge < -0.3 is 5.32 Å². The zero-order valence-electron chi connectivity index (χ0n) is 10.8. The van der Waals surface area contributed by atoms with Crippen LogP contribution in [-0.4, -0.2) is 0 Å². The van der Waals surface area contributed by atoms with E-state index in [9.17, 15) is 0 Å². The molecule has 2 aromatic carbocycles. The number of anilines is 1. The van der Waals surface area contributed by atoms with Crippen molar-refractivity contribution in [2.45, 2.75) is 19.4 Å². The summed E-state index contributed by atoms with van der Waals surface area (Å²) in [5.74, 6) is 0. The summed E-state index contributed by atoms with van der Waals surface area (Å²) < 4.78 is 0. The zero-order chi connectivity index (χ0) is 14.7. The molecule has 0 aromatic heterocycles. The van der Waals surface area contributed by atoms with Gasteiger partial charge >= 0.3 is 0 Å². The molecular weight excluding hydrogens is 336 g/mol. The molecule has 0 saturated heterocycles. The van der Waals surface area contributed by atoms with Crippen LogP contribution in [0.1, 0.15) is 24.9 Å². The summed E-state index contributed by atoms with van der Waals surface area (Å²) in [6, 6.07) is 11.2. The average molecular weight is 349 g/mol. The van der Waals surface area contributed by atoms with Crippen molar-refractivity contribution in [3.8, 4) is 0 Å². The van der Waals surface area contributed by atoms with Crippen molar-refractivity contribution in [1.82, 2.24) is 0 Å². The summed E-state index contributed by atoms with van der Waals surface area (Å²) in [5.41, 5.74) is 1.86. The van der Waals surface area contributed by atoms with E-state index in [1.54, 1.807) is 12.1 Å². The molecule has 2 rings (SSSR count). The number of halogens is 4. The van der Waals surface area contributed by atoms with Gasteiger partial charge in [0.1, 0.15) is 0 Å². The quantitative estimate of drug-likeness (QED) is 0.636. The van der Waals surface area contributed by atoms with Crippen LogP contribution in [0.5, 0.6) is 0 Å². The lowest BCUT2D eigenvalue weighted by Crippen LogP contribution is -2.10. The molecule has 20 heavy (non-hydrogen) atoms. The second-order valence-corrected chi connectivity index (χ2v) is 5.98. The predicted molar refractivity (Wildman–Crippen MR) is 89.6 cm³/mol. The van der Waals surface area contributed by atoms with E-state index in [1.165, 1.54) is 0 Å². The van der Waals surface area contributed by atoms with Gasteiger partial charge in [0.25, 0.3) is 0 Å². The molecule has 1 N–H and O–H groups in total. The van der Waals surface area contributed by atoms with Gasteiger partial charge in [0.05, 0.1) is 31.8 Å². The van der Waals surface area contributed by atoms with Crippen molar-refractivity contribution in [2.75, 3.05) is 5.32 Å². The highest BCUT2D eigenvalue weighted by Crippen LogP contribution is 2.34. The molecule has 0 amide bonds. The molecule has 0 aliphatic heterocycles. The Morgan fingerprint density at radius 3 is 2.35 bits per heavy atom. The minimum Gasteiger partial charge on any atom is -0.377 e. The number of benzene rings is 2. The minimum absolute atomic E-state index is 0.0840. The lowest BCUT2D eigenvalue weighted by atomic mass is 10.0. The summed E-state index contributed by atoms with van der Waals surface area (Å²) in [5, 5.41) is 5.52. The van der Waals surface area contributed by atoms with Crippen LogP contribution < -0.4 is 5.32 Å². The van der Waals surface area contributed by atoms with Gasteiger partial charge in [-0.1, -0.05) is 65.5 Å². The Labute approximate surface area is 138 Å². The SMILES string of the molecule is CCC(Nc1cccc(Cl)c1Cl)c1ccc(Cl)c(Cl)c1. The first kappa shape index (κ1) is 15.8. The van der Waals surface area contributed by atoms with Crippen LogP contribution in [0.2, 0.25) is 20.1 Å². The molecule has 1 atom stereocenters. The summed E-state index contributed by atoms with van der Waals surface area (Å²) in [4.78, 5) is 0. The minimum atomic E-state index is 0.0840. The number of hydrogen-bond acceptors (Lipinski definition) is 1. The first-order valence-electron chi connectivity index (χ1n) is 6.18. The molecule has 0 radical (unpaired) electrons. The third kappa shape index (κ3) is 3.53. The Hall–Kier alpha value is -0.600. The van der Waals surface area contributed by atoms with Crippen LogP contribution in [-0.2, 0) is 0 Å². The van der Waals surface area contributed by atoms with E-state index >= 15 is 0 Å². The third-order valence-electron chi connectivity index (χ3n) is 3.04. The van der Waals surface area contributed by atoms with Gasteiger partial charge in [-0.05, 0) is 36.2 Å². The Morgan fingerprint density at radius 2 is 1.70 bits per heavy atom. The Kier molecular flexibility index (Phi) is 5.45. The van der Waals surface area contributed by atoms with Gasteiger partial charge in [0, 0.05) is 0 Å². The van der Waals surface area contributed by atoms with Crippen LogP contribution in [0.25, 0.3) is 0 Å². The van der Waals surface area contributed by atoms with Crippen molar-refractivity contribution < 1.29 is 0 Å². The fourth-order valence-corrected chi connectivity index (χ4v) is 2.61. The Morgan fingerprint density at radius 1 is 0.950 bits per heavy atom. The van der Waals surface area contributed by atoms with E-state index in [4.69, 9.17) is 46.4 Å². The van der Waals surface area contributed by atoms with Crippen molar-refractivity contribution >= 4 is 52.1 Å². The fraction of sp³-hybridized carbons (Fsp3) is 0.200. The molecule has 0 saturated carbocycles. The first-order valence-corrected chi connectivity index (χ1v) is 7.69. The number of rotatable bonds is 4. The second-order valence-electron chi connectivity index (χ2n) is 4.38. The molecule has 0 bridgehead atoms. The average Bonchev–Trinajstić information content (AvgIpc) is 2.44. The summed E-state index contributed by atoms with van der Waals surface area (Å²) >= 11 is 24.2. The van der Waals surface area contributed by atoms with E-state index in [2.05, 4.69) is 12.2 Å². The molecule has 1 unspecified atom stereocenters. The fourth-order valence-electron chi connectivity index (χ4n) is 1.95. The maximum atomic E-state index is 6.20. The standard InChI is InChI=1S/C15H13Cl4N/c1-2-13(9-6-7-10(16)12(18)8-9)20-14-5-3-4-11(17)15(14)19/h3-8,13,20H,2H2,1H3. The van der Waals surface area contributed by atoms with E-state index in [1.807, 2.05) is 24.3 Å². The van der Waals surface area contributed by atoms with Crippen molar-refractivity contribution in [1.29, 1.82) is 0 Å². The summed E-state index contributed by atoms with van der Waals surface area (Å²) in [6.45, 7) is 2.08. The lowest BCUT2D eigenvalue weighted by Gasteiger charge is -2.20. The topological polar surface area (TPSA) is 12.0 Å². The molecule has 5 heteroatoms. The van der Waals surface area contributed by atoms with Crippen molar-refractivity contribution in [3.05, 3.63) is 62.1 Å². The van der Waals surface area contributed by atoms with Crippen LogP contribution in [0.4, 0.5) is 5.69 Å². The van der Waals surface area contributed by atoms with Crippen molar-refractivity contribution in [3.63, 3.8) is 0 Å². The van der Waals surface area contributed by atoms with Crippen molar-refractivity contribution in [2.24, 2.45) is 0 Å². The molecule has 106 valence electrons. The lowest BCUT2D eigenvalue weighted by molar-refractivity contribution is 0.749. The predicted octanol–water partition coefficient (Wildman–Crippen LogP) is 6.86. The highest BCUT2D eigenvalue weighted by Gasteiger charge is 2.13. The normalized spacial score (nSPS) is 12.2. The van der Waals surface area contributed by atoms with Gasteiger partial charge in [-0.2, -0.15) is 0 Å². The summed E-state index contributed by atoms with van der Waals surface area (Å²) in [7, 11) is 0. The third-order valence-corrected chi connectivity index (χ3v) is 4.59. The molecule has 0 fully saturated rings. The van der Waals surface area contributed by atoms with Gasteiger partial charge in [-0.3, -0.25) is 0 Å². The Bertz CT molecular complexity index is 613. The van der Waals surface area contributed by atoms with Crippen LogP contribution in [0.15, 0.2) is 36.4 Å². The van der Waals surface area contributed by atoms with E-state index < -0.39 is 0 Å². The smallest absolute Gasteiger partial charge is 0.0823 e. The monoisotopic (exact) mass is 347 g/mol. The van der Waals surface area contributed by atoms with E-state index in [0.717, 1.165) is 17.7 Å². The second kappa shape index (κ2) is 6.91. The highest BCUT2D eigenvalue weighted by atomic mass is 35.5.